The molecule has 1 aromatic rings. The van der Waals surface area contributed by atoms with Crippen LogP contribution in [-0.4, -0.2) is 54.0 Å². The number of carbonyl (C=O) groups excluding carboxylic acids is 2. The first-order valence-electron chi connectivity index (χ1n) is 10.6. The van der Waals surface area contributed by atoms with Gasteiger partial charge in [0.25, 0.3) is 0 Å². The number of piperazine rings is 1. The normalized spacial score (nSPS) is 19.5. The molecule has 1 heterocycles. The molecule has 1 aliphatic carbocycles. The molecule has 0 aromatic heterocycles. The van der Waals surface area contributed by atoms with Crippen molar-refractivity contribution in [1.29, 1.82) is 0 Å². The van der Waals surface area contributed by atoms with E-state index in [-0.39, 0.29) is 29.4 Å². The highest BCUT2D eigenvalue weighted by molar-refractivity contribution is 5.89. The Labute approximate surface area is 167 Å². The van der Waals surface area contributed by atoms with Crippen LogP contribution in [0.1, 0.15) is 46.0 Å². The molecule has 6 heteroatoms. The zero-order valence-electron chi connectivity index (χ0n) is 17.1. The summed E-state index contributed by atoms with van der Waals surface area (Å²) in [7, 11) is 0. The molecule has 1 saturated heterocycles. The fourth-order valence-electron chi connectivity index (χ4n) is 4.25. The number of benzene rings is 1. The van der Waals surface area contributed by atoms with E-state index in [1.54, 1.807) is 12.1 Å². The van der Waals surface area contributed by atoms with Gasteiger partial charge >= 0.3 is 0 Å². The Bertz CT molecular complexity index is 677. The first-order chi connectivity index (χ1) is 13.5. The smallest absolute Gasteiger partial charge is 0.245 e. The van der Waals surface area contributed by atoms with Crippen molar-refractivity contribution >= 4 is 17.5 Å². The molecule has 6 nitrogen and oxygen atoms in total. The highest BCUT2D eigenvalue weighted by Crippen LogP contribution is 2.27. The molecule has 0 spiro atoms. The lowest BCUT2D eigenvalue weighted by Crippen LogP contribution is -2.57. The number of phenols is 1. The van der Waals surface area contributed by atoms with Crippen molar-refractivity contribution < 1.29 is 14.7 Å². The van der Waals surface area contributed by atoms with Gasteiger partial charge in [0.15, 0.2) is 0 Å². The van der Waals surface area contributed by atoms with E-state index >= 15 is 0 Å². The summed E-state index contributed by atoms with van der Waals surface area (Å²) in [6, 6.07) is 6.82. The predicted octanol–water partition coefficient (Wildman–Crippen LogP) is 2.76. The van der Waals surface area contributed by atoms with Gasteiger partial charge in [-0.15, -0.1) is 0 Å². The summed E-state index contributed by atoms with van der Waals surface area (Å²) < 4.78 is 0. The third-order valence-electron chi connectivity index (χ3n) is 6.02. The minimum atomic E-state index is -0.467. The average Bonchev–Trinajstić information content (AvgIpc) is 2.72. The van der Waals surface area contributed by atoms with E-state index in [0.29, 0.717) is 26.2 Å². The summed E-state index contributed by atoms with van der Waals surface area (Å²) in [5.74, 6) is 0.426. The van der Waals surface area contributed by atoms with Crippen molar-refractivity contribution in [3.05, 3.63) is 24.3 Å². The average molecular weight is 388 g/mol. The van der Waals surface area contributed by atoms with Gasteiger partial charge in [-0.05, 0) is 30.9 Å². The molecule has 154 valence electrons. The van der Waals surface area contributed by atoms with E-state index in [1.807, 2.05) is 30.9 Å². The van der Waals surface area contributed by atoms with E-state index in [9.17, 15) is 14.7 Å². The van der Waals surface area contributed by atoms with E-state index in [2.05, 4.69) is 10.2 Å². The number of hydrogen-bond donors (Lipinski definition) is 2. The molecule has 28 heavy (non-hydrogen) atoms. The fourth-order valence-corrected chi connectivity index (χ4v) is 4.25. The number of phenolic OH excluding ortho intramolecular Hbond substituents is 1. The Hall–Kier alpha value is -2.24. The SMILES string of the molecule is CC(C)[C@@H](NC(=O)C1CCCCC1)C(=O)N1CCN(c2ccccc2O)CC1. The van der Waals surface area contributed by atoms with E-state index < -0.39 is 6.04 Å². The Morgan fingerprint density at radius 3 is 2.29 bits per heavy atom. The molecular formula is C22H33N3O3. The Morgan fingerprint density at radius 2 is 1.68 bits per heavy atom. The van der Waals surface area contributed by atoms with Gasteiger partial charge in [-0.2, -0.15) is 0 Å². The second-order valence-corrected chi connectivity index (χ2v) is 8.37. The first kappa shape index (κ1) is 20.5. The minimum absolute atomic E-state index is 0.0103. The van der Waals surface area contributed by atoms with Crippen molar-refractivity contribution in [2.24, 2.45) is 11.8 Å². The number of nitrogens with zero attached hydrogens (tertiary/aromatic N) is 2. The molecule has 0 unspecified atom stereocenters. The van der Waals surface area contributed by atoms with Gasteiger partial charge in [0.05, 0.1) is 5.69 Å². The van der Waals surface area contributed by atoms with E-state index in [0.717, 1.165) is 31.4 Å². The quantitative estimate of drug-likeness (QED) is 0.815. The Morgan fingerprint density at radius 1 is 1.04 bits per heavy atom. The molecule has 1 aromatic carbocycles. The number of hydrogen-bond acceptors (Lipinski definition) is 4. The Kier molecular flexibility index (Phi) is 6.81. The predicted molar refractivity (Wildman–Crippen MR) is 110 cm³/mol. The summed E-state index contributed by atoms with van der Waals surface area (Å²) in [5, 5.41) is 13.1. The third kappa shape index (κ3) is 4.78. The maximum atomic E-state index is 13.1. The van der Waals surface area contributed by atoms with E-state index in [1.165, 1.54) is 6.42 Å². The van der Waals surface area contributed by atoms with Crippen LogP contribution in [0, 0.1) is 11.8 Å². The van der Waals surface area contributed by atoms with Crippen LogP contribution in [0.2, 0.25) is 0 Å². The molecule has 1 aliphatic heterocycles. The van der Waals surface area contributed by atoms with E-state index in [4.69, 9.17) is 0 Å². The zero-order chi connectivity index (χ0) is 20.1. The molecule has 2 fully saturated rings. The molecule has 2 N–H and O–H groups in total. The van der Waals surface area contributed by atoms with Gasteiger partial charge in [0.1, 0.15) is 11.8 Å². The molecule has 3 rings (SSSR count). The van der Waals surface area contributed by atoms with Crippen LogP contribution >= 0.6 is 0 Å². The number of para-hydroxylation sites is 2. The van der Waals surface area contributed by atoms with Gasteiger partial charge in [-0.1, -0.05) is 45.2 Å². The van der Waals surface area contributed by atoms with Gasteiger partial charge in [0.2, 0.25) is 11.8 Å². The summed E-state index contributed by atoms with van der Waals surface area (Å²) in [6.45, 7) is 6.50. The second kappa shape index (κ2) is 9.30. The number of nitrogens with one attached hydrogen (secondary N) is 1. The van der Waals surface area contributed by atoms with Gasteiger partial charge < -0.3 is 20.2 Å². The fraction of sp³-hybridized carbons (Fsp3) is 0.636. The lowest BCUT2D eigenvalue weighted by Gasteiger charge is -2.38. The second-order valence-electron chi connectivity index (χ2n) is 8.37. The van der Waals surface area contributed by atoms with Crippen LogP contribution in [-0.2, 0) is 9.59 Å². The number of carbonyl (C=O) groups is 2. The number of amides is 2. The number of rotatable bonds is 5. The summed E-state index contributed by atoms with van der Waals surface area (Å²) in [5.41, 5.74) is 0.806. The molecule has 1 saturated carbocycles. The minimum Gasteiger partial charge on any atom is -0.506 e. The van der Waals surface area contributed by atoms with Crippen molar-refractivity contribution in [3.63, 3.8) is 0 Å². The highest BCUT2D eigenvalue weighted by Gasteiger charge is 2.33. The molecule has 0 radical (unpaired) electrons. The third-order valence-corrected chi connectivity index (χ3v) is 6.02. The van der Waals surface area contributed by atoms with Gasteiger partial charge in [-0.25, -0.2) is 0 Å². The largest absolute Gasteiger partial charge is 0.506 e. The maximum absolute atomic E-state index is 13.1. The first-order valence-corrected chi connectivity index (χ1v) is 10.6. The standard InChI is InChI=1S/C22H33N3O3/c1-16(2)20(23-21(27)17-8-4-3-5-9-17)22(28)25-14-12-24(13-15-25)18-10-6-7-11-19(18)26/h6-7,10-11,16-17,20,26H,3-5,8-9,12-15H2,1-2H3,(H,23,27)/t20-/m1/s1. The van der Waals surface area contributed by atoms with Gasteiger partial charge in [-0.3, -0.25) is 9.59 Å². The van der Waals surface area contributed by atoms with Crippen LogP contribution in [0.25, 0.3) is 0 Å². The molecule has 2 aliphatic rings. The van der Waals surface area contributed by atoms with Crippen LogP contribution in [0.4, 0.5) is 5.69 Å². The van der Waals surface area contributed by atoms with Crippen LogP contribution in [0.3, 0.4) is 0 Å². The van der Waals surface area contributed by atoms with Crippen LogP contribution in [0.5, 0.6) is 5.75 Å². The molecular weight excluding hydrogens is 354 g/mol. The topological polar surface area (TPSA) is 72.9 Å². The van der Waals surface area contributed by atoms with Crippen molar-refractivity contribution in [3.8, 4) is 5.75 Å². The summed E-state index contributed by atoms with van der Waals surface area (Å²) >= 11 is 0. The van der Waals surface area contributed by atoms with Crippen LogP contribution in [0.15, 0.2) is 24.3 Å². The van der Waals surface area contributed by atoms with Crippen LogP contribution < -0.4 is 10.2 Å². The van der Waals surface area contributed by atoms with Crippen molar-refractivity contribution in [1.82, 2.24) is 10.2 Å². The molecule has 2 amide bonds. The zero-order valence-corrected chi connectivity index (χ0v) is 17.1. The van der Waals surface area contributed by atoms with Crippen molar-refractivity contribution in [2.45, 2.75) is 52.0 Å². The lowest BCUT2D eigenvalue weighted by atomic mass is 9.88. The molecule has 0 bridgehead atoms. The number of aromatic hydroxyl groups is 1. The summed E-state index contributed by atoms with van der Waals surface area (Å²) in [6.07, 6.45) is 5.28. The van der Waals surface area contributed by atoms with Crippen molar-refractivity contribution in [2.75, 3.05) is 31.1 Å². The molecule has 1 atom stereocenters. The maximum Gasteiger partial charge on any atom is 0.245 e. The van der Waals surface area contributed by atoms with Gasteiger partial charge in [0, 0.05) is 32.1 Å². The summed E-state index contributed by atoms with van der Waals surface area (Å²) in [4.78, 5) is 29.7. The monoisotopic (exact) mass is 387 g/mol. The lowest BCUT2D eigenvalue weighted by molar-refractivity contribution is -0.139. The highest BCUT2D eigenvalue weighted by atomic mass is 16.3. The Balaban J connectivity index is 1.58. The number of anilines is 1.